The molecule has 4 heteroatoms. The number of benzene rings is 1. The number of aromatic nitrogens is 2. The van der Waals surface area contributed by atoms with Gasteiger partial charge in [-0.25, -0.2) is 0 Å². The van der Waals surface area contributed by atoms with Crippen LogP contribution < -0.4 is 0 Å². The number of aliphatic hydroxyl groups is 1. The van der Waals surface area contributed by atoms with Gasteiger partial charge in [0.05, 0.1) is 16.6 Å². The predicted octanol–water partition coefficient (Wildman–Crippen LogP) is 3.87. The summed E-state index contributed by atoms with van der Waals surface area (Å²) in [6.07, 6.45) is 3.14. The number of fused-ring (bicyclic) bond motifs is 1. The zero-order valence-electron chi connectivity index (χ0n) is 11.6. The Labute approximate surface area is 128 Å². The fourth-order valence-corrected chi connectivity index (χ4v) is 2.55. The molecule has 1 aromatic carbocycles. The van der Waals surface area contributed by atoms with Gasteiger partial charge in [-0.05, 0) is 42.3 Å². The van der Waals surface area contributed by atoms with Gasteiger partial charge < -0.3 is 5.11 Å². The third-order valence-corrected chi connectivity index (χ3v) is 3.85. The zero-order chi connectivity index (χ0) is 14.8. The van der Waals surface area contributed by atoms with Crippen LogP contribution in [-0.4, -0.2) is 15.1 Å². The molecule has 0 aliphatic heterocycles. The van der Waals surface area contributed by atoms with Crippen LogP contribution in [0.15, 0.2) is 48.8 Å². The highest BCUT2D eigenvalue weighted by Gasteiger charge is 2.11. The number of hydrogen-bond acceptors (Lipinski definition) is 3. The van der Waals surface area contributed by atoms with Crippen LogP contribution in [0, 0.1) is 6.92 Å². The third kappa shape index (κ3) is 3.04. The van der Waals surface area contributed by atoms with Crippen molar-refractivity contribution in [2.24, 2.45) is 0 Å². The molecular formula is C17H15ClN2O. The second-order valence-electron chi connectivity index (χ2n) is 5.09. The van der Waals surface area contributed by atoms with Crippen LogP contribution in [0.4, 0.5) is 0 Å². The molecule has 0 saturated carbocycles. The summed E-state index contributed by atoms with van der Waals surface area (Å²) in [5.41, 5.74) is 3.68. The van der Waals surface area contributed by atoms with Gasteiger partial charge in [-0.1, -0.05) is 23.7 Å². The molecular weight excluding hydrogens is 284 g/mol. The number of aliphatic hydroxyl groups excluding tert-OH is 1. The summed E-state index contributed by atoms with van der Waals surface area (Å²) in [5.74, 6) is 0. The molecule has 2 heterocycles. The molecule has 1 atom stereocenters. The van der Waals surface area contributed by atoms with Crippen LogP contribution >= 0.6 is 11.6 Å². The van der Waals surface area contributed by atoms with Crippen molar-refractivity contribution < 1.29 is 5.11 Å². The average molecular weight is 299 g/mol. The zero-order valence-corrected chi connectivity index (χ0v) is 12.4. The van der Waals surface area contributed by atoms with E-state index in [1.807, 2.05) is 43.3 Å². The lowest BCUT2D eigenvalue weighted by molar-refractivity contribution is 0.178. The number of nitrogens with zero attached hydrogens (tertiary/aromatic N) is 2. The van der Waals surface area contributed by atoms with Crippen molar-refractivity contribution in [3.63, 3.8) is 0 Å². The van der Waals surface area contributed by atoms with E-state index in [0.29, 0.717) is 11.4 Å². The number of rotatable bonds is 3. The first-order chi connectivity index (χ1) is 10.1. The number of aryl methyl sites for hydroxylation is 1. The van der Waals surface area contributed by atoms with Gasteiger partial charge >= 0.3 is 0 Å². The van der Waals surface area contributed by atoms with Gasteiger partial charge in [0, 0.05) is 29.9 Å². The van der Waals surface area contributed by atoms with Crippen molar-refractivity contribution >= 4 is 22.5 Å². The van der Waals surface area contributed by atoms with Crippen LogP contribution in [0.25, 0.3) is 10.9 Å². The fourth-order valence-electron chi connectivity index (χ4n) is 2.35. The van der Waals surface area contributed by atoms with Crippen molar-refractivity contribution in [1.29, 1.82) is 0 Å². The molecule has 1 N–H and O–H groups in total. The van der Waals surface area contributed by atoms with E-state index in [0.717, 1.165) is 27.7 Å². The van der Waals surface area contributed by atoms with Gasteiger partial charge in [-0.2, -0.15) is 0 Å². The van der Waals surface area contributed by atoms with Crippen LogP contribution in [0.5, 0.6) is 0 Å². The number of halogens is 1. The van der Waals surface area contributed by atoms with E-state index >= 15 is 0 Å². The molecule has 21 heavy (non-hydrogen) atoms. The molecule has 0 spiro atoms. The summed E-state index contributed by atoms with van der Waals surface area (Å²) in [6, 6.07) is 11.6. The van der Waals surface area contributed by atoms with Crippen LogP contribution in [-0.2, 0) is 6.42 Å². The van der Waals surface area contributed by atoms with Crippen LogP contribution in [0.3, 0.4) is 0 Å². The maximum Gasteiger partial charge on any atom is 0.0831 e. The first kappa shape index (κ1) is 14.0. The molecule has 0 aliphatic carbocycles. The Morgan fingerprint density at radius 3 is 2.86 bits per heavy atom. The lowest BCUT2D eigenvalue weighted by Crippen LogP contribution is -2.02. The van der Waals surface area contributed by atoms with Gasteiger partial charge in [0.1, 0.15) is 0 Å². The first-order valence-corrected chi connectivity index (χ1v) is 7.15. The van der Waals surface area contributed by atoms with Gasteiger partial charge in [0.2, 0.25) is 0 Å². The summed E-state index contributed by atoms with van der Waals surface area (Å²) in [7, 11) is 0. The Bertz CT molecular complexity index is 789. The Hall–Kier alpha value is -1.97. The van der Waals surface area contributed by atoms with E-state index < -0.39 is 6.10 Å². The molecule has 2 aromatic heterocycles. The van der Waals surface area contributed by atoms with Crippen molar-refractivity contribution in [3.05, 3.63) is 70.6 Å². The Kier molecular flexibility index (Phi) is 3.86. The van der Waals surface area contributed by atoms with E-state index in [-0.39, 0.29) is 0 Å². The maximum absolute atomic E-state index is 10.4. The molecule has 1 unspecified atom stereocenters. The van der Waals surface area contributed by atoms with Crippen molar-refractivity contribution in [2.75, 3.05) is 0 Å². The smallest absolute Gasteiger partial charge is 0.0831 e. The highest BCUT2D eigenvalue weighted by molar-refractivity contribution is 6.31. The van der Waals surface area contributed by atoms with Crippen LogP contribution in [0.1, 0.15) is 22.9 Å². The Balaban J connectivity index is 1.89. The molecule has 3 rings (SSSR count). The summed E-state index contributed by atoms with van der Waals surface area (Å²) >= 11 is 6.08. The molecule has 106 valence electrons. The molecule has 3 nitrogen and oxygen atoms in total. The SMILES string of the molecule is Cc1ccc2cc(C(O)Cc3ccncc3Cl)ccc2n1. The van der Waals surface area contributed by atoms with E-state index in [9.17, 15) is 5.11 Å². The fraction of sp³-hybridized carbons (Fsp3) is 0.176. The average Bonchev–Trinajstić information content (AvgIpc) is 2.49. The van der Waals surface area contributed by atoms with Crippen molar-refractivity contribution in [2.45, 2.75) is 19.4 Å². The second kappa shape index (κ2) is 5.80. The minimum absolute atomic E-state index is 0.464. The van der Waals surface area contributed by atoms with E-state index in [2.05, 4.69) is 9.97 Å². The Morgan fingerprint density at radius 2 is 2.05 bits per heavy atom. The molecule has 0 aliphatic rings. The summed E-state index contributed by atoms with van der Waals surface area (Å²) in [4.78, 5) is 8.42. The quantitative estimate of drug-likeness (QED) is 0.798. The minimum atomic E-state index is -0.601. The number of hydrogen-bond donors (Lipinski definition) is 1. The van der Waals surface area contributed by atoms with E-state index in [1.54, 1.807) is 12.4 Å². The summed E-state index contributed by atoms with van der Waals surface area (Å²) in [6.45, 7) is 1.97. The first-order valence-electron chi connectivity index (χ1n) is 6.77. The Morgan fingerprint density at radius 1 is 1.19 bits per heavy atom. The highest BCUT2D eigenvalue weighted by Crippen LogP contribution is 2.25. The predicted molar refractivity (Wildman–Crippen MR) is 84.4 cm³/mol. The third-order valence-electron chi connectivity index (χ3n) is 3.51. The molecule has 0 radical (unpaired) electrons. The molecule has 0 saturated heterocycles. The van der Waals surface area contributed by atoms with Gasteiger partial charge in [0.15, 0.2) is 0 Å². The molecule has 3 aromatic rings. The molecule has 0 amide bonds. The van der Waals surface area contributed by atoms with Crippen molar-refractivity contribution in [3.8, 4) is 0 Å². The summed E-state index contributed by atoms with van der Waals surface area (Å²) < 4.78 is 0. The van der Waals surface area contributed by atoms with Gasteiger partial charge in [0.25, 0.3) is 0 Å². The lowest BCUT2D eigenvalue weighted by Gasteiger charge is -2.13. The second-order valence-corrected chi connectivity index (χ2v) is 5.50. The number of pyridine rings is 2. The molecule has 0 fully saturated rings. The van der Waals surface area contributed by atoms with Crippen LogP contribution in [0.2, 0.25) is 5.02 Å². The highest BCUT2D eigenvalue weighted by atomic mass is 35.5. The molecule has 0 bridgehead atoms. The minimum Gasteiger partial charge on any atom is -0.388 e. The monoisotopic (exact) mass is 298 g/mol. The lowest BCUT2D eigenvalue weighted by atomic mass is 10.0. The maximum atomic E-state index is 10.4. The topological polar surface area (TPSA) is 46.0 Å². The largest absolute Gasteiger partial charge is 0.388 e. The van der Waals surface area contributed by atoms with Gasteiger partial charge in [-0.15, -0.1) is 0 Å². The van der Waals surface area contributed by atoms with E-state index in [4.69, 9.17) is 11.6 Å². The standard InChI is InChI=1S/C17H15ClN2O/c1-11-2-3-13-8-14(4-5-16(13)20-11)17(21)9-12-6-7-19-10-15(12)18/h2-8,10,17,21H,9H2,1H3. The normalized spacial score (nSPS) is 12.5. The van der Waals surface area contributed by atoms with E-state index in [1.165, 1.54) is 0 Å². The van der Waals surface area contributed by atoms with Crippen molar-refractivity contribution in [1.82, 2.24) is 9.97 Å². The summed E-state index contributed by atoms with van der Waals surface area (Å²) in [5, 5.41) is 12.0. The van der Waals surface area contributed by atoms with Gasteiger partial charge in [-0.3, -0.25) is 9.97 Å².